The molecule has 2 aliphatic heterocycles. The molecule has 1 aliphatic carbocycles. The molecular formula is C22H24N6OS. The monoisotopic (exact) mass is 420 g/mol. The van der Waals surface area contributed by atoms with Gasteiger partial charge in [0.1, 0.15) is 12.1 Å². The van der Waals surface area contributed by atoms with Crippen molar-refractivity contribution in [2.24, 2.45) is 0 Å². The van der Waals surface area contributed by atoms with Crippen LogP contribution in [0.25, 0.3) is 11.1 Å². The number of hydrogen-bond acceptors (Lipinski definition) is 6. The minimum atomic E-state index is -0.0316. The van der Waals surface area contributed by atoms with Crippen molar-refractivity contribution in [2.45, 2.75) is 16.6 Å². The molecule has 154 valence electrons. The number of allylic oxidation sites excluding steroid dienone is 3. The Balaban J connectivity index is 1.32. The van der Waals surface area contributed by atoms with Gasteiger partial charge in [-0.25, -0.2) is 14.8 Å². The molecule has 3 heterocycles. The van der Waals surface area contributed by atoms with E-state index in [1.54, 1.807) is 11.8 Å². The van der Waals surface area contributed by atoms with Crippen LogP contribution in [-0.2, 0) is 0 Å². The number of likely N-dealkylation sites (N-methyl/N-ethyl adjacent to an activating group) is 1. The molecule has 0 spiro atoms. The van der Waals surface area contributed by atoms with E-state index in [0.717, 1.165) is 54.4 Å². The predicted molar refractivity (Wildman–Crippen MR) is 121 cm³/mol. The van der Waals surface area contributed by atoms with Gasteiger partial charge in [-0.1, -0.05) is 24.3 Å². The molecule has 0 saturated carbocycles. The van der Waals surface area contributed by atoms with Crippen LogP contribution in [0.2, 0.25) is 0 Å². The van der Waals surface area contributed by atoms with Crippen LogP contribution >= 0.6 is 11.8 Å². The van der Waals surface area contributed by atoms with Crippen molar-refractivity contribution in [3.63, 3.8) is 0 Å². The third-order valence-corrected chi connectivity index (χ3v) is 7.20. The van der Waals surface area contributed by atoms with Crippen molar-refractivity contribution in [1.29, 1.82) is 0 Å². The van der Waals surface area contributed by atoms with E-state index in [2.05, 4.69) is 51.5 Å². The number of thioether (sulfide) groups is 1. The Labute approximate surface area is 180 Å². The molecule has 0 radical (unpaired) electrons. The van der Waals surface area contributed by atoms with E-state index in [0.29, 0.717) is 11.1 Å². The van der Waals surface area contributed by atoms with Crippen molar-refractivity contribution < 1.29 is 4.79 Å². The van der Waals surface area contributed by atoms with E-state index < -0.39 is 0 Å². The quantitative estimate of drug-likeness (QED) is 0.776. The van der Waals surface area contributed by atoms with E-state index in [1.807, 2.05) is 17.0 Å². The molecule has 8 heteroatoms. The maximum Gasteiger partial charge on any atom is 0.321 e. The lowest BCUT2D eigenvalue weighted by Gasteiger charge is -2.32. The minimum Gasteiger partial charge on any atom is -0.383 e. The first kappa shape index (κ1) is 19.1. The van der Waals surface area contributed by atoms with Gasteiger partial charge in [-0.3, -0.25) is 0 Å². The Morgan fingerprint density at radius 2 is 2.03 bits per heavy atom. The molecule has 0 bridgehead atoms. The highest BCUT2D eigenvalue weighted by Gasteiger charge is 2.33. The number of rotatable bonds is 2. The first-order valence-electron chi connectivity index (χ1n) is 10.1. The number of amides is 2. The van der Waals surface area contributed by atoms with Gasteiger partial charge in [-0.2, -0.15) is 0 Å². The topological polar surface area (TPSA) is 87.4 Å². The minimum absolute atomic E-state index is 0.0316. The zero-order valence-electron chi connectivity index (χ0n) is 16.8. The summed E-state index contributed by atoms with van der Waals surface area (Å²) >= 11 is 1.74. The lowest BCUT2D eigenvalue weighted by Crippen LogP contribution is -2.48. The van der Waals surface area contributed by atoms with Crippen molar-refractivity contribution >= 4 is 40.4 Å². The van der Waals surface area contributed by atoms with Crippen molar-refractivity contribution in [3.05, 3.63) is 54.0 Å². The summed E-state index contributed by atoms with van der Waals surface area (Å²) in [6.07, 6.45) is 6.72. The highest BCUT2D eigenvalue weighted by atomic mass is 32.2. The first-order chi connectivity index (χ1) is 14.6. The number of hydrogen-bond donors (Lipinski definition) is 2. The maximum absolute atomic E-state index is 12.6. The molecule has 2 aromatic rings. The van der Waals surface area contributed by atoms with Crippen LogP contribution < -0.4 is 11.1 Å². The molecule has 5 rings (SSSR count). The lowest BCUT2D eigenvalue weighted by molar-refractivity contribution is 0.164. The fourth-order valence-corrected chi connectivity index (χ4v) is 5.41. The molecule has 1 atom stereocenters. The third-order valence-electron chi connectivity index (χ3n) is 5.86. The predicted octanol–water partition coefficient (Wildman–Crippen LogP) is 3.18. The van der Waals surface area contributed by atoms with Crippen molar-refractivity contribution in [1.82, 2.24) is 19.8 Å². The fraction of sp³-hybridized carbons (Fsp3) is 0.318. The molecule has 1 aromatic heterocycles. The molecule has 1 aromatic carbocycles. The van der Waals surface area contributed by atoms with E-state index >= 15 is 0 Å². The molecule has 7 nitrogen and oxygen atoms in total. The van der Waals surface area contributed by atoms with Crippen LogP contribution in [0.15, 0.2) is 47.6 Å². The van der Waals surface area contributed by atoms with Gasteiger partial charge in [0.05, 0.1) is 10.6 Å². The molecule has 30 heavy (non-hydrogen) atoms. The van der Waals surface area contributed by atoms with Crippen LogP contribution in [0.4, 0.5) is 16.3 Å². The number of nitrogens with two attached hydrogens (primary N) is 1. The lowest BCUT2D eigenvalue weighted by atomic mass is 9.91. The van der Waals surface area contributed by atoms with Crippen LogP contribution in [0.3, 0.4) is 0 Å². The summed E-state index contributed by atoms with van der Waals surface area (Å²) in [5, 5.41) is 3.35. The number of piperazine rings is 1. The summed E-state index contributed by atoms with van der Waals surface area (Å²) in [6.45, 7) is 3.33. The highest BCUT2D eigenvalue weighted by molar-refractivity contribution is 8.01. The zero-order valence-corrected chi connectivity index (χ0v) is 17.7. The van der Waals surface area contributed by atoms with Gasteiger partial charge in [-0.15, -0.1) is 11.8 Å². The number of nitrogens with zero attached hydrogens (tertiary/aromatic N) is 4. The first-order valence-corrected chi connectivity index (χ1v) is 11.0. The smallest absolute Gasteiger partial charge is 0.321 e. The third kappa shape index (κ3) is 3.57. The van der Waals surface area contributed by atoms with Crippen LogP contribution in [0.5, 0.6) is 0 Å². The Hall–Kier alpha value is -2.84. The average Bonchev–Trinajstić information content (AvgIpc) is 3.14. The van der Waals surface area contributed by atoms with Gasteiger partial charge in [-0.05, 0) is 42.3 Å². The number of fused-ring (bicyclic) bond motifs is 3. The number of urea groups is 1. The van der Waals surface area contributed by atoms with Crippen LogP contribution in [0.1, 0.15) is 17.7 Å². The number of nitrogen functional groups attached to an aromatic ring is 1. The van der Waals surface area contributed by atoms with Crippen LogP contribution in [0, 0.1) is 0 Å². The van der Waals surface area contributed by atoms with Gasteiger partial charge in [0.15, 0.2) is 0 Å². The maximum atomic E-state index is 12.6. The summed E-state index contributed by atoms with van der Waals surface area (Å²) in [5.74, 6) is 0.551. The highest BCUT2D eigenvalue weighted by Crippen LogP contribution is 2.50. The molecule has 3 aliphatic rings. The van der Waals surface area contributed by atoms with Gasteiger partial charge < -0.3 is 20.9 Å². The van der Waals surface area contributed by atoms with Gasteiger partial charge in [0.2, 0.25) is 0 Å². The van der Waals surface area contributed by atoms with Crippen LogP contribution in [-0.4, -0.2) is 64.3 Å². The number of carbonyl (C=O) groups is 1. The molecule has 1 fully saturated rings. The van der Waals surface area contributed by atoms with Crippen molar-refractivity contribution in [3.8, 4) is 0 Å². The SMILES string of the molecule is CN1CCN(C(=O)Nc2cccc(C3=CC=C4c5ncnc(N)c5SC4C3)c2)CC1. The average molecular weight is 421 g/mol. The van der Waals surface area contributed by atoms with E-state index in [4.69, 9.17) is 5.73 Å². The number of aromatic nitrogens is 2. The van der Waals surface area contributed by atoms with E-state index in [9.17, 15) is 4.79 Å². The molecular weight excluding hydrogens is 396 g/mol. The summed E-state index contributed by atoms with van der Waals surface area (Å²) in [4.78, 5) is 26.3. The Morgan fingerprint density at radius 1 is 1.20 bits per heavy atom. The summed E-state index contributed by atoms with van der Waals surface area (Å²) in [7, 11) is 2.08. The largest absolute Gasteiger partial charge is 0.383 e. The summed E-state index contributed by atoms with van der Waals surface area (Å²) in [6, 6.07) is 8.06. The molecule has 1 unspecified atom stereocenters. The van der Waals surface area contributed by atoms with Gasteiger partial charge in [0, 0.05) is 37.1 Å². The Kier molecular flexibility index (Phi) is 4.96. The van der Waals surface area contributed by atoms with Gasteiger partial charge >= 0.3 is 6.03 Å². The zero-order chi connectivity index (χ0) is 20.7. The van der Waals surface area contributed by atoms with Gasteiger partial charge in [0.25, 0.3) is 0 Å². The molecule has 1 saturated heterocycles. The number of carbonyl (C=O) groups excluding carboxylic acids is 1. The summed E-state index contributed by atoms with van der Waals surface area (Å²) in [5.41, 5.74) is 11.4. The standard InChI is InChI=1S/C22H24N6OS/c1-27-7-9-28(10-8-27)22(29)26-16-4-2-3-14(11-16)15-5-6-17-18(12-15)30-20-19(17)24-13-25-21(20)23/h2-6,11,13,18H,7-10,12H2,1H3,(H,26,29)(H2,23,24,25). The number of nitrogens with one attached hydrogen (secondary N) is 1. The van der Waals surface area contributed by atoms with Crippen molar-refractivity contribution in [2.75, 3.05) is 44.3 Å². The molecule has 2 amide bonds. The summed E-state index contributed by atoms with van der Waals surface area (Å²) < 4.78 is 0. The number of anilines is 2. The second-order valence-corrected chi connectivity index (χ2v) is 9.08. The Bertz CT molecular complexity index is 1060. The fourth-order valence-electron chi connectivity index (χ4n) is 4.09. The van der Waals surface area contributed by atoms with E-state index in [1.165, 1.54) is 17.5 Å². The molecule has 3 N–H and O–H groups in total. The Morgan fingerprint density at radius 3 is 2.87 bits per heavy atom. The second-order valence-electron chi connectivity index (χ2n) is 7.86. The van der Waals surface area contributed by atoms with E-state index in [-0.39, 0.29) is 6.03 Å². The number of benzene rings is 1. The normalized spacial score (nSPS) is 20.8. The second kappa shape index (κ2) is 7.77.